The number of imidazole rings is 1. The zero-order valence-electron chi connectivity index (χ0n) is 17.8. The number of rotatable bonds is 4. The number of H-pyrrole nitrogens is 1. The van der Waals surface area contributed by atoms with E-state index in [1.54, 1.807) is 4.90 Å². The van der Waals surface area contributed by atoms with E-state index in [9.17, 15) is 9.59 Å². The Bertz CT molecular complexity index is 739. The lowest BCUT2D eigenvalue weighted by atomic mass is 9.98. The maximum absolute atomic E-state index is 12.8. The quantitative estimate of drug-likeness (QED) is 0.774. The summed E-state index contributed by atoms with van der Waals surface area (Å²) in [5.74, 6) is -0.0203. The molecular weight excluding hydrogens is 394 g/mol. The van der Waals surface area contributed by atoms with Gasteiger partial charge in [-0.1, -0.05) is 18.5 Å². The van der Waals surface area contributed by atoms with Gasteiger partial charge in [0, 0.05) is 25.2 Å². The average molecular weight is 426 g/mol. The Labute approximate surface area is 177 Å². The van der Waals surface area contributed by atoms with Crippen LogP contribution >= 0.6 is 11.6 Å². The number of carbonyl (C=O) groups is 2. The summed E-state index contributed by atoms with van der Waals surface area (Å²) >= 11 is 6.08. The summed E-state index contributed by atoms with van der Waals surface area (Å²) in [5, 5.41) is 3.46. The molecule has 3 rings (SSSR count). The molecule has 2 amide bonds. The molecule has 2 fully saturated rings. The van der Waals surface area contributed by atoms with Gasteiger partial charge in [0.15, 0.2) is 11.0 Å². The highest BCUT2D eigenvalue weighted by atomic mass is 35.5. The highest BCUT2D eigenvalue weighted by Crippen LogP contribution is 2.23. The van der Waals surface area contributed by atoms with E-state index in [0.717, 1.165) is 31.6 Å². The van der Waals surface area contributed by atoms with Crippen LogP contribution in [0.3, 0.4) is 0 Å². The number of hydrogen-bond donors (Lipinski definition) is 2. The van der Waals surface area contributed by atoms with Crippen LogP contribution in [0.2, 0.25) is 5.15 Å². The number of aromatic nitrogens is 2. The van der Waals surface area contributed by atoms with E-state index in [-0.39, 0.29) is 29.9 Å². The van der Waals surface area contributed by atoms with Gasteiger partial charge >= 0.3 is 6.09 Å². The van der Waals surface area contributed by atoms with E-state index in [1.165, 1.54) is 0 Å². The van der Waals surface area contributed by atoms with Gasteiger partial charge in [0.25, 0.3) is 5.91 Å². The van der Waals surface area contributed by atoms with Crippen LogP contribution in [0.4, 0.5) is 4.79 Å². The number of nitrogens with one attached hydrogen (secondary N) is 2. The number of likely N-dealkylation sites (tertiary alicyclic amines) is 2. The van der Waals surface area contributed by atoms with E-state index in [0.29, 0.717) is 31.1 Å². The van der Waals surface area contributed by atoms with Gasteiger partial charge in [0.05, 0.1) is 5.69 Å². The number of aromatic amines is 1. The second-order valence-corrected chi connectivity index (χ2v) is 9.17. The molecule has 0 aliphatic carbocycles. The fourth-order valence-electron chi connectivity index (χ4n) is 4.00. The number of halogens is 1. The van der Waals surface area contributed by atoms with Gasteiger partial charge in [-0.3, -0.25) is 9.69 Å². The van der Waals surface area contributed by atoms with Crippen LogP contribution < -0.4 is 5.32 Å². The van der Waals surface area contributed by atoms with Crippen molar-refractivity contribution in [2.24, 2.45) is 0 Å². The number of aryl methyl sites for hydroxylation is 1. The Balaban J connectivity index is 1.70. The molecule has 0 aromatic carbocycles. The van der Waals surface area contributed by atoms with Crippen molar-refractivity contribution in [2.45, 2.75) is 71.1 Å². The first kappa shape index (κ1) is 21.9. The van der Waals surface area contributed by atoms with E-state index in [4.69, 9.17) is 16.3 Å². The Kier molecular flexibility index (Phi) is 6.73. The van der Waals surface area contributed by atoms with E-state index < -0.39 is 5.60 Å². The summed E-state index contributed by atoms with van der Waals surface area (Å²) in [6, 6.07) is -0.00737. The van der Waals surface area contributed by atoms with Gasteiger partial charge in [-0.15, -0.1) is 0 Å². The van der Waals surface area contributed by atoms with Crippen molar-refractivity contribution in [3.63, 3.8) is 0 Å². The summed E-state index contributed by atoms with van der Waals surface area (Å²) in [6.07, 6.45) is 3.33. The second kappa shape index (κ2) is 8.92. The van der Waals surface area contributed by atoms with Crippen molar-refractivity contribution in [1.82, 2.24) is 25.1 Å². The molecule has 29 heavy (non-hydrogen) atoms. The fourth-order valence-corrected chi connectivity index (χ4v) is 4.27. The van der Waals surface area contributed by atoms with Crippen molar-refractivity contribution in [3.05, 3.63) is 16.7 Å². The van der Waals surface area contributed by atoms with Crippen LogP contribution in [-0.2, 0) is 11.2 Å². The number of hydrogen-bond acceptors (Lipinski definition) is 5. The van der Waals surface area contributed by atoms with Gasteiger partial charge in [-0.05, 0) is 59.5 Å². The monoisotopic (exact) mass is 425 g/mol. The third kappa shape index (κ3) is 5.42. The Morgan fingerprint density at radius 3 is 2.55 bits per heavy atom. The van der Waals surface area contributed by atoms with E-state index in [2.05, 4.69) is 20.2 Å². The molecule has 1 aromatic rings. The molecule has 1 aromatic heterocycles. The SMILES string of the molecule is CCc1[nH]c(C(=O)N[C@@H]2CCN(C(=O)OC(C)(C)C)C[C@@H]2N2CCCC2)nc1Cl. The zero-order valence-corrected chi connectivity index (χ0v) is 18.5. The molecule has 162 valence electrons. The minimum absolute atomic E-state index is 0.0544. The fraction of sp³-hybridized carbons (Fsp3) is 0.750. The maximum Gasteiger partial charge on any atom is 0.410 e. The van der Waals surface area contributed by atoms with E-state index >= 15 is 0 Å². The Hall–Kier alpha value is -1.80. The van der Waals surface area contributed by atoms with Gasteiger partial charge in [0.2, 0.25) is 0 Å². The molecule has 2 N–H and O–H groups in total. The van der Waals surface area contributed by atoms with Crippen molar-refractivity contribution in [2.75, 3.05) is 26.2 Å². The van der Waals surface area contributed by atoms with Crippen molar-refractivity contribution in [3.8, 4) is 0 Å². The molecule has 0 unspecified atom stereocenters. The lowest BCUT2D eigenvalue weighted by Gasteiger charge is -2.43. The van der Waals surface area contributed by atoms with Crippen LogP contribution in [0.25, 0.3) is 0 Å². The summed E-state index contributed by atoms with van der Waals surface area (Å²) in [7, 11) is 0. The number of amides is 2. The highest BCUT2D eigenvalue weighted by molar-refractivity contribution is 6.30. The Morgan fingerprint density at radius 2 is 1.97 bits per heavy atom. The molecule has 0 radical (unpaired) electrons. The van der Waals surface area contributed by atoms with Crippen LogP contribution in [0.5, 0.6) is 0 Å². The lowest BCUT2D eigenvalue weighted by Crippen LogP contribution is -2.61. The third-order valence-corrected chi connectivity index (χ3v) is 5.77. The molecule has 3 heterocycles. The molecule has 8 nitrogen and oxygen atoms in total. The topological polar surface area (TPSA) is 90.6 Å². The minimum atomic E-state index is -0.527. The van der Waals surface area contributed by atoms with Crippen LogP contribution in [-0.4, -0.2) is 75.6 Å². The van der Waals surface area contributed by atoms with Gasteiger partial charge < -0.3 is 19.9 Å². The van der Waals surface area contributed by atoms with Gasteiger partial charge in [0.1, 0.15) is 5.60 Å². The normalized spacial score (nSPS) is 23.3. The molecular formula is C20H32ClN5O3. The molecule has 9 heteroatoms. The van der Waals surface area contributed by atoms with E-state index in [1.807, 2.05) is 27.7 Å². The first-order valence-electron chi connectivity index (χ1n) is 10.4. The molecule has 0 bridgehead atoms. The molecule has 2 atom stereocenters. The standard InChI is InChI=1S/C20H32ClN5O3/c1-5-13-16(21)24-17(22-13)18(27)23-14-8-11-26(19(28)29-20(2,3)4)12-15(14)25-9-6-7-10-25/h14-15H,5-12H2,1-4H3,(H,22,24)(H,23,27)/t14-,15+/m1/s1. The average Bonchev–Trinajstić information content (AvgIpc) is 3.30. The highest BCUT2D eigenvalue weighted by Gasteiger charge is 2.38. The third-order valence-electron chi connectivity index (χ3n) is 5.46. The smallest absolute Gasteiger partial charge is 0.410 e. The summed E-state index contributed by atoms with van der Waals surface area (Å²) < 4.78 is 5.55. The first-order valence-corrected chi connectivity index (χ1v) is 10.8. The summed E-state index contributed by atoms with van der Waals surface area (Å²) in [5.41, 5.74) is 0.230. The Morgan fingerprint density at radius 1 is 1.28 bits per heavy atom. The predicted octanol–water partition coefficient (Wildman–Crippen LogP) is 2.83. The van der Waals surface area contributed by atoms with Crippen LogP contribution in [0, 0.1) is 0 Å². The number of piperidine rings is 1. The number of carbonyl (C=O) groups excluding carboxylic acids is 2. The summed E-state index contributed by atoms with van der Waals surface area (Å²) in [6.45, 7) is 10.6. The zero-order chi connectivity index (χ0) is 21.2. The molecule has 0 spiro atoms. The lowest BCUT2D eigenvalue weighted by molar-refractivity contribution is 0.00765. The number of nitrogens with zero attached hydrogens (tertiary/aromatic N) is 3. The van der Waals surface area contributed by atoms with Gasteiger partial charge in [-0.25, -0.2) is 9.78 Å². The van der Waals surface area contributed by atoms with Crippen molar-refractivity contribution in [1.29, 1.82) is 0 Å². The molecule has 2 aliphatic rings. The van der Waals surface area contributed by atoms with Crippen LogP contribution in [0.15, 0.2) is 0 Å². The second-order valence-electron chi connectivity index (χ2n) is 8.81. The minimum Gasteiger partial charge on any atom is -0.444 e. The molecule has 0 saturated carbocycles. The van der Waals surface area contributed by atoms with Crippen LogP contribution in [0.1, 0.15) is 63.3 Å². The first-order chi connectivity index (χ1) is 13.7. The maximum atomic E-state index is 12.8. The molecule has 2 aliphatic heterocycles. The largest absolute Gasteiger partial charge is 0.444 e. The molecule has 2 saturated heterocycles. The van der Waals surface area contributed by atoms with Crippen molar-refractivity contribution < 1.29 is 14.3 Å². The number of ether oxygens (including phenoxy) is 1. The predicted molar refractivity (Wildman–Crippen MR) is 111 cm³/mol. The summed E-state index contributed by atoms with van der Waals surface area (Å²) in [4.78, 5) is 36.6. The van der Waals surface area contributed by atoms with Gasteiger partial charge in [-0.2, -0.15) is 0 Å². The van der Waals surface area contributed by atoms with Crippen molar-refractivity contribution >= 4 is 23.6 Å².